The third kappa shape index (κ3) is 3.99. The monoisotopic (exact) mass is 268 g/mol. The number of hydrogen-bond acceptors (Lipinski definition) is 3. The van der Waals surface area contributed by atoms with Gasteiger partial charge in [0.05, 0.1) is 12.6 Å². The third-order valence-electron chi connectivity index (χ3n) is 3.25. The van der Waals surface area contributed by atoms with Crippen LogP contribution in [0.2, 0.25) is 0 Å². The number of amides is 2. The van der Waals surface area contributed by atoms with Crippen LogP contribution in [0, 0.1) is 6.92 Å². The summed E-state index contributed by atoms with van der Waals surface area (Å²) in [7, 11) is 0. The van der Waals surface area contributed by atoms with Crippen LogP contribution in [0.25, 0.3) is 0 Å². The number of aliphatic hydroxyl groups excluding tert-OH is 1. The highest BCUT2D eigenvalue weighted by molar-refractivity contribution is 7.11. The molecule has 2 amide bonds. The summed E-state index contributed by atoms with van der Waals surface area (Å²) in [6, 6.07) is 4.19. The molecule has 0 aliphatic heterocycles. The van der Waals surface area contributed by atoms with Gasteiger partial charge in [-0.3, -0.25) is 0 Å². The van der Waals surface area contributed by atoms with Crippen molar-refractivity contribution in [1.82, 2.24) is 10.6 Å². The molecule has 0 bridgehead atoms. The maximum absolute atomic E-state index is 11.7. The maximum atomic E-state index is 11.7. The van der Waals surface area contributed by atoms with Gasteiger partial charge >= 0.3 is 6.03 Å². The molecule has 100 valence electrons. The average molecular weight is 268 g/mol. The van der Waals surface area contributed by atoms with Crippen molar-refractivity contribution in [3.63, 3.8) is 0 Å². The zero-order valence-electron chi connectivity index (χ0n) is 10.6. The summed E-state index contributed by atoms with van der Waals surface area (Å²) in [6.07, 6.45) is 3.13. The zero-order chi connectivity index (χ0) is 13.0. The first kappa shape index (κ1) is 13.4. The predicted molar refractivity (Wildman–Crippen MR) is 72.7 cm³/mol. The molecule has 0 unspecified atom stereocenters. The fourth-order valence-electron chi connectivity index (χ4n) is 2.20. The molecule has 1 fully saturated rings. The van der Waals surface area contributed by atoms with Gasteiger partial charge < -0.3 is 15.7 Å². The summed E-state index contributed by atoms with van der Waals surface area (Å²) >= 11 is 1.70. The Balaban J connectivity index is 1.69. The molecule has 0 aromatic carbocycles. The van der Waals surface area contributed by atoms with E-state index in [4.69, 9.17) is 0 Å². The van der Waals surface area contributed by atoms with Gasteiger partial charge in [0.15, 0.2) is 0 Å². The summed E-state index contributed by atoms with van der Waals surface area (Å²) in [6.45, 7) is 2.64. The van der Waals surface area contributed by atoms with E-state index in [2.05, 4.69) is 23.6 Å². The van der Waals surface area contributed by atoms with Crippen molar-refractivity contribution in [3.05, 3.63) is 21.9 Å². The lowest BCUT2D eigenvalue weighted by molar-refractivity contribution is 0.117. The highest BCUT2D eigenvalue weighted by atomic mass is 32.1. The summed E-state index contributed by atoms with van der Waals surface area (Å²) in [5, 5.41) is 15.2. The molecule has 0 spiro atoms. The fourth-order valence-corrected chi connectivity index (χ4v) is 3.03. The Bertz CT molecular complexity index is 397. The number of nitrogens with one attached hydrogen (secondary N) is 2. The van der Waals surface area contributed by atoms with Crippen molar-refractivity contribution in [2.45, 2.75) is 51.3 Å². The molecular weight excluding hydrogens is 248 g/mol. The smallest absolute Gasteiger partial charge is 0.315 e. The number of thiophene rings is 1. The number of aliphatic hydroxyl groups is 1. The molecule has 1 aromatic rings. The van der Waals surface area contributed by atoms with Crippen LogP contribution < -0.4 is 10.6 Å². The molecule has 0 atom stereocenters. The molecule has 1 aliphatic rings. The lowest BCUT2D eigenvalue weighted by Crippen LogP contribution is -2.43. The standard InChI is InChI=1S/C13H20N2O2S/c1-9-2-7-12(18-9)8-14-13(17)15-10-3-5-11(16)6-4-10/h2,7,10-11,16H,3-6,8H2,1H3,(H2,14,15,17). The van der Waals surface area contributed by atoms with Crippen LogP contribution in [0.5, 0.6) is 0 Å². The maximum Gasteiger partial charge on any atom is 0.315 e. The van der Waals surface area contributed by atoms with E-state index in [1.165, 1.54) is 9.75 Å². The lowest BCUT2D eigenvalue weighted by atomic mass is 9.93. The van der Waals surface area contributed by atoms with Gasteiger partial charge in [-0.25, -0.2) is 4.79 Å². The minimum atomic E-state index is -0.180. The van der Waals surface area contributed by atoms with Crippen LogP contribution in [0.3, 0.4) is 0 Å². The van der Waals surface area contributed by atoms with E-state index in [0.717, 1.165) is 25.7 Å². The molecule has 0 radical (unpaired) electrons. The van der Waals surface area contributed by atoms with Crippen LogP contribution in [-0.2, 0) is 6.54 Å². The fraction of sp³-hybridized carbons (Fsp3) is 0.615. The van der Waals surface area contributed by atoms with E-state index >= 15 is 0 Å². The van der Waals surface area contributed by atoms with Gasteiger partial charge in [-0.15, -0.1) is 11.3 Å². The van der Waals surface area contributed by atoms with Gasteiger partial charge in [0.1, 0.15) is 0 Å². The van der Waals surface area contributed by atoms with Crippen molar-refractivity contribution in [1.29, 1.82) is 0 Å². The van der Waals surface area contributed by atoms with Crippen LogP contribution in [0.15, 0.2) is 12.1 Å². The van der Waals surface area contributed by atoms with Gasteiger partial charge in [-0.05, 0) is 44.7 Å². The Morgan fingerprint density at radius 1 is 1.39 bits per heavy atom. The quantitative estimate of drug-likeness (QED) is 0.786. The molecule has 0 saturated heterocycles. The van der Waals surface area contributed by atoms with E-state index in [1.807, 2.05) is 6.07 Å². The normalized spacial score (nSPS) is 23.7. The van der Waals surface area contributed by atoms with Crippen LogP contribution >= 0.6 is 11.3 Å². The Morgan fingerprint density at radius 3 is 2.72 bits per heavy atom. The summed E-state index contributed by atoms with van der Waals surface area (Å²) in [5.74, 6) is 0. The van der Waals surface area contributed by atoms with Crippen molar-refractivity contribution in [2.75, 3.05) is 0 Å². The minimum absolute atomic E-state index is 0.109. The topological polar surface area (TPSA) is 61.4 Å². The molecule has 1 aliphatic carbocycles. The molecule has 2 rings (SSSR count). The molecule has 1 aromatic heterocycles. The Hall–Kier alpha value is -1.07. The van der Waals surface area contributed by atoms with E-state index in [-0.39, 0.29) is 18.2 Å². The second-order valence-electron chi connectivity index (χ2n) is 4.84. The molecule has 3 N–H and O–H groups in total. The predicted octanol–water partition coefficient (Wildman–Crippen LogP) is 2.16. The first-order valence-corrected chi connectivity index (χ1v) is 7.23. The molecule has 18 heavy (non-hydrogen) atoms. The van der Waals surface area contributed by atoms with Gasteiger partial charge in [0, 0.05) is 15.8 Å². The SMILES string of the molecule is Cc1ccc(CNC(=O)NC2CCC(O)CC2)s1. The second kappa shape index (κ2) is 6.20. The van der Waals surface area contributed by atoms with E-state index in [0.29, 0.717) is 6.54 Å². The number of hydrogen-bond donors (Lipinski definition) is 3. The molecule has 4 nitrogen and oxygen atoms in total. The highest BCUT2D eigenvalue weighted by Gasteiger charge is 2.20. The molecule has 1 saturated carbocycles. The van der Waals surface area contributed by atoms with Gasteiger partial charge in [0.25, 0.3) is 0 Å². The first-order valence-electron chi connectivity index (χ1n) is 6.41. The number of rotatable bonds is 3. The van der Waals surface area contributed by atoms with Crippen molar-refractivity contribution in [3.8, 4) is 0 Å². The van der Waals surface area contributed by atoms with Crippen LogP contribution in [0.4, 0.5) is 4.79 Å². The number of carbonyl (C=O) groups is 1. The number of urea groups is 1. The molecule has 5 heteroatoms. The van der Waals surface area contributed by atoms with E-state index in [1.54, 1.807) is 11.3 Å². The van der Waals surface area contributed by atoms with Crippen molar-refractivity contribution in [2.24, 2.45) is 0 Å². The zero-order valence-corrected chi connectivity index (χ0v) is 11.4. The summed E-state index contributed by atoms with van der Waals surface area (Å²) in [5.41, 5.74) is 0. The van der Waals surface area contributed by atoms with E-state index in [9.17, 15) is 9.90 Å². The average Bonchev–Trinajstić information content (AvgIpc) is 2.76. The summed E-state index contributed by atoms with van der Waals surface area (Å²) < 4.78 is 0. The lowest BCUT2D eigenvalue weighted by Gasteiger charge is -2.26. The minimum Gasteiger partial charge on any atom is -0.393 e. The van der Waals surface area contributed by atoms with Crippen molar-refractivity contribution < 1.29 is 9.90 Å². The largest absolute Gasteiger partial charge is 0.393 e. The Morgan fingerprint density at radius 2 is 2.11 bits per heavy atom. The Labute approximate surface area is 111 Å². The second-order valence-corrected chi connectivity index (χ2v) is 6.22. The first-order chi connectivity index (χ1) is 8.63. The summed E-state index contributed by atoms with van der Waals surface area (Å²) in [4.78, 5) is 14.1. The van der Waals surface area contributed by atoms with Gasteiger partial charge in [0.2, 0.25) is 0 Å². The van der Waals surface area contributed by atoms with E-state index < -0.39 is 0 Å². The van der Waals surface area contributed by atoms with Crippen LogP contribution in [-0.4, -0.2) is 23.3 Å². The third-order valence-corrected chi connectivity index (χ3v) is 4.25. The number of aryl methyl sites for hydroxylation is 1. The molecule has 1 heterocycles. The van der Waals surface area contributed by atoms with Crippen LogP contribution in [0.1, 0.15) is 35.4 Å². The Kier molecular flexibility index (Phi) is 4.60. The van der Waals surface area contributed by atoms with Gasteiger partial charge in [-0.2, -0.15) is 0 Å². The van der Waals surface area contributed by atoms with Gasteiger partial charge in [-0.1, -0.05) is 0 Å². The number of carbonyl (C=O) groups excluding carboxylic acids is 1. The molecular formula is C13H20N2O2S. The van der Waals surface area contributed by atoms with Crippen molar-refractivity contribution >= 4 is 17.4 Å². The highest BCUT2D eigenvalue weighted by Crippen LogP contribution is 2.18.